The molecule has 106 valence electrons. The minimum Gasteiger partial charge on any atom is -0.409 e. The minimum absolute atomic E-state index is 0.214. The van der Waals surface area contributed by atoms with Crippen molar-refractivity contribution in [3.63, 3.8) is 0 Å². The van der Waals surface area contributed by atoms with Crippen molar-refractivity contribution in [3.8, 4) is 0 Å². The summed E-state index contributed by atoms with van der Waals surface area (Å²) in [6.45, 7) is 0.999. The highest BCUT2D eigenvalue weighted by atomic mass is 19.4. The lowest BCUT2D eigenvalue weighted by molar-refractivity contribution is -0.155. The SMILES string of the molecule is NC(=NO)C(CNCC1COCCO1)C(F)(F)F. The quantitative estimate of drug-likeness (QED) is 0.281. The number of ether oxygens (including phenoxy) is 2. The Morgan fingerprint density at radius 1 is 1.50 bits per heavy atom. The van der Waals surface area contributed by atoms with Crippen LogP contribution in [0.25, 0.3) is 0 Å². The van der Waals surface area contributed by atoms with Crippen molar-refractivity contribution in [1.82, 2.24) is 5.32 Å². The van der Waals surface area contributed by atoms with Crippen LogP contribution < -0.4 is 11.1 Å². The zero-order valence-electron chi connectivity index (χ0n) is 9.61. The summed E-state index contributed by atoms with van der Waals surface area (Å²) in [6, 6.07) is 0. The number of nitrogens with two attached hydrogens (primary N) is 1. The number of amidine groups is 1. The van der Waals surface area contributed by atoms with Gasteiger partial charge >= 0.3 is 6.18 Å². The molecular formula is C9H16F3N3O3. The summed E-state index contributed by atoms with van der Waals surface area (Å²) in [6.07, 6.45) is -4.84. The average molecular weight is 271 g/mol. The van der Waals surface area contributed by atoms with E-state index in [1.807, 2.05) is 0 Å². The fourth-order valence-corrected chi connectivity index (χ4v) is 1.50. The van der Waals surface area contributed by atoms with Crippen LogP contribution in [0, 0.1) is 5.92 Å². The van der Waals surface area contributed by atoms with Crippen molar-refractivity contribution in [2.45, 2.75) is 12.3 Å². The van der Waals surface area contributed by atoms with E-state index in [0.29, 0.717) is 19.8 Å². The lowest BCUT2D eigenvalue weighted by Crippen LogP contribution is -2.45. The predicted molar refractivity (Wildman–Crippen MR) is 56.4 cm³/mol. The average Bonchev–Trinajstić information content (AvgIpc) is 2.33. The topological polar surface area (TPSA) is 89.1 Å². The molecule has 1 aliphatic rings. The minimum atomic E-state index is -4.56. The van der Waals surface area contributed by atoms with Gasteiger partial charge in [0, 0.05) is 13.1 Å². The van der Waals surface area contributed by atoms with Crippen molar-refractivity contribution in [2.75, 3.05) is 32.9 Å². The van der Waals surface area contributed by atoms with Crippen molar-refractivity contribution in [2.24, 2.45) is 16.8 Å². The zero-order valence-corrected chi connectivity index (χ0v) is 9.61. The van der Waals surface area contributed by atoms with E-state index in [0.717, 1.165) is 0 Å². The Hall–Kier alpha value is -1.06. The molecule has 1 heterocycles. The lowest BCUT2D eigenvalue weighted by Gasteiger charge is -2.25. The molecule has 0 aliphatic carbocycles. The summed E-state index contributed by atoms with van der Waals surface area (Å²) in [4.78, 5) is 0. The number of alkyl halides is 3. The second-order valence-electron chi connectivity index (χ2n) is 3.85. The van der Waals surface area contributed by atoms with Gasteiger partial charge in [-0.05, 0) is 0 Å². The molecule has 0 aromatic rings. The second kappa shape index (κ2) is 6.76. The van der Waals surface area contributed by atoms with Crippen LogP contribution in [0.3, 0.4) is 0 Å². The Bertz CT molecular complexity index is 280. The van der Waals surface area contributed by atoms with E-state index in [4.69, 9.17) is 20.4 Å². The number of nitrogens with one attached hydrogen (secondary N) is 1. The molecule has 1 fully saturated rings. The van der Waals surface area contributed by atoms with Gasteiger partial charge < -0.3 is 25.7 Å². The molecule has 18 heavy (non-hydrogen) atoms. The smallest absolute Gasteiger partial charge is 0.400 e. The van der Waals surface area contributed by atoms with Gasteiger partial charge in [0.05, 0.1) is 25.9 Å². The van der Waals surface area contributed by atoms with Crippen LogP contribution in [0.5, 0.6) is 0 Å². The van der Waals surface area contributed by atoms with Gasteiger partial charge in [-0.1, -0.05) is 5.16 Å². The molecule has 0 aromatic carbocycles. The zero-order chi connectivity index (χ0) is 13.6. The molecule has 4 N–H and O–H groups in total. The van der Waals surface area contributed by atoms with Crippen molar-refractivity contribution in [3.05, 3.63) is 0 Å². The molecule has 9 heteroatoms. The molecule has 6 nitrogen and oxygen atoms in total. The molecule has 1 rings (SSSR count). The van der Waals surface area contributed by atoms with Crippen LogP contribution in [-0.4, -0.2) is 56.2 Å². The van der Waals surface area contributed by atoms with Gasteiger partial charge in [-0.2, -0.15) is 13.2 Å². The maximum atomic E-state index is 12.6. The molecule has 0 radical (unpaired) electrons. The van der Waals surface area contributed by atoms with E-state index in [1.54, 1.807) is 0 Å². The number of hydrogen-bond acceptors (Lipinski definition) is 5. The summed E-state index contributed by atoms with van der Waals surface area (Å²) in [5, 5.41) is 13.3. The number of rotatable bonds is 5. The van der Waals surface area contributed by atoms with Gasteiger partial charge in [0.25, 0.3) is 0 Å². The highest BCUT2D eigenvalue weighted by Crippen LogP contribution is 2.25. The second-order valence-corrected chi connectivity index (χ2v) is 3.85. The van der Waals surface area contributed by atoms with E-state index < -0.39 is 24.5 Å². The standard InChI is InChI=1S/C9H16F3N3O3/c10-9(11,12)7(8(13)15-16)4-14-3-6-5-17-1-2-18-6/h6-7,14,16H,1-5H2,(H2,13,15). The predicted octanol–water partition coefficient (Wildman–Crippen LogP) is -0.0837. The van der Waals surface area contributed by atoms with Crippen LogP contribution >= 0.6 is 0 Å². The number of nitrogens with zero attached hydrogens (tertiary/aromatic N) is 1. The first-order chi connectivity index (χ1) is 8.45. The van der Waals surface area contributed by atoms with E-state index in [-0.39, 0.29) is 12.6 Å². The molecule has 2 unspecified atom stereocenters. The molecule has 1 aliphatic heterocycles. The van der Waals surface area contributed by atoms with Crippen molar-refractivity contribution >= 4 is 5.84 Å². The van der Waals surface area contributed by atoms with E-state index in [2.05, 4.69) is 10.5 Å². The Balaban J connectivity index is 2.37. The van der Waals surface area contributed by atoms with Gasteiger partial charge in [-0.25, -0.2) is 0 Å². The maximum absolute atomic E-state index is 12.6. The largest absolute Gasteiger partial charge is 0.409 e. The number of halogens is 3. The third kappa shape index (κ3) is 4.67. The van der Waals surface area contributed by atoms with E-state index in [9.17, 15) is 13.2 Å². The van der Waals surface area contributed by atoms with Gasteiger partial charge in [0.1, 0.15) is 5.92 Å². The van der Waals surface area contributed by atoms with Gasteiger partial charge in [0.15, 0.2) is 5.84 Å². The normalized spacial score (nSPS) is 23.9. The first-order valence-corrected chi connectivity index (χ1v) is 5.39. The summed E-state index contributed by atoms with van der Waals surface area (Å²) in [5.74, 6) is -2.89. The van der Waals surface area contributed by atoms with Crippen LogP contribution in [-0.2, 0) is 9.47 Å². The van der Waals surface area contributed by atoms with Crippen LogP contribution in [0.15, 0.2) is 5.16 Å². The monoisotopic (exact) mass is 271 g/mol. The van der Waals surface area contributed by atoms with Crippen molar-refractivity contribution < 1.29 is 27.9 Å². The highest BCUT2D eigenvalue weighted by molar-refractivity contribution is 5.83. The van der Waals surface area contributed by atoms with Gasteiger partial charge in [-0.3, -0.25) is 0 Å². The molecule has 0 aromatic heterocycles. The fraction of sp³-hybridized carbons (Fsp3) is 0.889. The summed E-state index contributed by atoms with van der Waals surface area (Å²) < 4.78 is 48.0. The molecule has 0 bridgehead atoms. The molecule has 2 atom stereocenters. The summed E-state index contributed by atoms with van der Waals surface area (Å²) in [7, 11) is 0. The Morgan fingerprint density at radius 3 is 2.72 bits per heavy atom. The van der Waals surface area contributed by atoms with Crippen LogP contribution in [0.4, 0.5) is 13.2 Å². The molecule has 0 amide bonds. The van der Waals surface area contributed by atoms with Gasteiger partial charge in [-0.15, -0.1) is 0 Å². The number of hydrogen-bond donors (Lipinski definition) is 3. The summed E-state index contributed by atoms with van der Waals surface area (Å²) in [5.41, 5.74) is 5.01. The molecule has 0 spiro atoms. The van der Waals surface area contributed by atoms with E-state index in [1.165, 1.54) is 0 Å². The maximum Gasteiger partial charge on any atom is 0.400 e. The number of oxime groups is 1. The third-order valence-corrected chi connectivity index (χ3v) is 2.47. The lowest BCUT2D eigenvalue weighted by atomic mass is 10.1. The third-order valence-electron chi connectivity index (χ3n) is 2.47. The first-order valence-electron chi connectivity index (χ1n) is 5.39. The molecular weight excluding hydrogens is 255 g/mol. The molecule has 0 saturated carbocycles. The highest BCUT2D eigenvalue weighted by Gasteiger charge is 2.42. The fourth-order valence-electron chi connectivity index (χ4n) is 1.50. The van der Waals surface area contributed by atoms with Gasteiger partial charge in [0.2, 0.25) is 0 Å². The first kappa shape index (κ1) is 15.0. The Kier molecular flexibility index (Phi) is 5.63. The van der Waals surface area contributed by atoms with Crippen LogP contribution in [0.1, 0.15) is 0 Å². The Morgan fingerprint density at radius 2 is 2.22 bits per heavy atom. The molecule has 1 saturated heterocycles. The Labute approximate surface area is 102 Å². The summed E-state index contributed by atoms with van der Waals surface area (Å²) >= 11 is 0. The van der Waals surface area contributed by atoms with Crippen molar-refractivity contribution in [1.29, 1.82) is 0 Å². The van der Waals surface area contributed by atoms with E-state index >= 15 is 0 Å². The van der Waals surface area contributed by atoms with Crippen LogP contribution in [0.2, 0.25) is 0 Å².